The molecule has 0 saturated heterocycles. The fourth-order valence-electron chi connectivity index (χ4n) is 0.562. The van der Waals surface area contributed by atoms with Gasteiger partial charge < -0.3 is 0 Å². The highest BCUT2D eigenvalue weighted by Crippen LogP contribution is 2.23. The molecule has 0 fully saturated rings. The van der Waals surface area contributed by atoms with Crippen molar-refractivity contribution in [3.63, 3.8) is 0 Å². The van der Waals surface area contributed by atoms with Crippen molar-refractivity contribution >= 4 is 10.2 Å². The van der Waals surface area contributed by atoms with E-state index in [9.17, 15) is 0 Å². The van der Waals surface area contributed by atoms with Gasteiger partial charge in [0, 0.05) is 10.2 Å². The van der Waals surface area contributed by atoms with E-state index < -0.39 is 0 Å². The summed E-state index contributed by atoms with van der Waals surface area (Å²) in [6.07, 6.45) is 0. The van der Waals surface area contributed by atoms with Crippen molar-refractivity contribution in [2.75, 3.05) is 0 Å². The van der Waals surface area contributed by atoms with Crippen LogP contribution in [0.1, 0.15) is 34.6 Å². The molecule has 0 amide bonds. The molecule has 0 radical (unpaired) electrons. The van der Waals surface area contributed by atoms with E-state index in [-0.39, 0.29) is 0 Å². The van der Waals surface area contributed by atoms with Crippen LogP contribution in [0.25, 0.3) is 0 Å². The van der Waals surface area contributed by atoms with Crippen molar-refractivity contribution in [1.29, 1.82) is 0 Å². The second-order valence-corrected chi connectivity index (χ2v) is 5.50. The molecule has 0 bridgehead atoms. The highest BCUT2D eigenvalue weighted by molar-refractivity contribution is 6.21. The van der Waals surface area contributed by atoms with Crippen LogP contribution >= 0.6 is 0 Å². The van der Waals surface area contributed by atoms with E-state index in [0.717, 1.165) is 10.2 Å². The molecule has 0 unspecified atom stereocenters. The SMILES string of the molecule is CC([SiH3])=C=C(C)C(C)(C)C. The lowest BCUT2D eigenvalue weighted by Crippen LogP contribution is -2.05. The summed E-state index contributed by atoms with van der Waals surface area (Å²) >= 11 is 0. The minimum Gasteiger partial charge on any atom is -0.128 e. The molecule has 0 atom stereocenters. The lowest BCUT2D eigenvalue weighted by Gasteiger charge is -2.16. The average molecular weight is 154 g/mol. The van der Waals surface area contributed by atoms with Gasteiger partial charge in [-0.05, 0) is 24.8 Å². The fourth-order valence-corrected chi connectivity index (χ4v) is 0.938. The molecule has 0 nitrogen and oxygen atoms in total. The third-order valence-electron chi connectivity index (χ3n) is 1.56. The molecule has 58 valence electrons. The van der Waals surface area contributed by atoms with Crippen LogP contribution in [0.5, 0.6) is 0 Å². The molecule has 0 aromatic heterocycles. The van der Waals surface area contributed by atoms with Crippen LogP contribution in [0.15, 0.2) is 16.5 Å². The van der Waals surface area contributed by atoms with Gasteiger partial charge in [-0.25, -0.2) is 0 Å². The van der Waals surface area contributed by atoms with Gasteiger partial charge in [0.1, 0.15) is 0 Å². The van der Waals surface area contributed by atoms with Crippen LogP contribution < -0.4 is 0 Å². The van der Waals surface area contributed by atoms with Gasteiger partial charge in [0.15, 0.2) is 0 Å². The standard InChI is InChI=1S/C9H18Si/c1-7(6-8(2)10)9(3,4)5/h1-5,10H3. The van der Waals surface area contributed by atoms with Gasteiger partial charge in [0.2, 0.25) is 0 Å². The zero-order chi connectivity index (χ0) is 8.36. The van der Waals surface area contributed by atoms with Crippen molar-refractivity contribution in [3.8, 4) is 0 Å². The quantitative estimate of drug-likeness (QED) is 0.369. The Kier molecular flexibility index (Phi) is 3.14. The molecular formula is C9H18Si. The zero-order valence-electron chi connectivity index (χ0n) is 8.00. The van der Waals surface area contributed by atoms with E-state index in [1.165, 1.54) is 10.8 Å². The van der Waals surface area contributed by atoms with Gasteiger partial charge in [-0.2, -0.15) is 0 Å². The molecular weight excluding hydrogens is 136 g/mol. The summed E-state index contributed by atoms with van der Waals surface area (Å²) < 4.78 is 0. The van der Waals surface area contributed by atoms with E-state index in [4.69, 9.17) is 0 Å². The number of hydrogen-bond donors (Lipinski definition) is 0. The first-order valence-electron chi connectivity index (χ1n) is 3.75. The summed E-state index contributed by atoms with van der Waals surface area (Å²) in [5.41, 5.74) is 5.04. The van der Waals surface area contributed by atoms with Gasteiger partial charge in [-0.1, -0.05) is 26.0 Å². The third-order valence-corrected chi connectivity index (χ3v) is 1.81. The van der Waals surface area contributed by atoms with Gasteiger partial charge in [-0.3, -0.25) is 0 Å². The maximum absolute atomic E-state index is 3.38. The summed E-state index contributed by atoms with van der Waals surface area (Å²) in [6, 6.07) is 0. The molecule has 0 aliphatic rings. The first kappa shape index (κ1) is 9.74. The largest absolute Gasteiger partial charge is 0.128 e. The highest BCUT2D eigenvalue weighted by Gasteiger charge is 2.11. The van der Waals surface area contributed by atoms with Crippen molar-refractivity contribution in [2.45, 2.75) is 34.6 Å². The minimum atomic E-state index is 0.297. The second kappa shape index (κ2) is 3.22. The summed E-state index contributed by atoms with van der Waals surface area (Å²) in [6.45, 7) is 11.0. The van der Waals surface area contributed by atoms with E-state index in [2.05, 4.69) is 40.3 Å². The van der Waals surface area contributed by atoms with Crippen molar-refractivity contribution < 1.29 is 0 Å². The van der Waals surface area contributed by atoms with Gasteiger partial charge >= 0.3 is 0 Å². The summed E-state index contributed by atoms with van der Waals surface area (Å²) in [7, 11) is 1.14. The summed E-state index contributed by atoms with van der Waals surface area (Å²) in [5, 5.41) is 1.40. The molecule has 0 rings (SSSR count). The topological polar surface area (TPSA) is 0 Å². The predicted molar refractivity (Wildman–Crippen MR) is 51.3 cm³/mol. The van der Waals surface area contributed by atoms with E-state index in [0.29, 0.717) is 5.41 Å². The van der Waals surface area contributed by atoms with Crippen molar-refractivity contribution in [1.82, 2.24) is 0 Å². The smallest absolute Gasteiger partial charge is 0.0429 e. The lowest BCUT2D eigenvalue weighted by molar-refractivity contribution is 0.505. The van der Waals surface area contributed by atoms with Crippen molar-refractivity contribution in [3.05, 3.63) is 16.5 Å². The average Bonchev–Trinajstić information content (AvgIpc) is 1.60. The lowest BCUT2D eigenvalue weighted by atomic mass is 9.88. The van der Waals surface area contributed by atoms with E-state index in [1.54, 1.807) is 0 Å². The maximum atomic E-state index is 3.38. The molecule has 0 saturated carbocycles. The van der Waals surface area contributed by atoms with E-state index >= 15 is 0 Å². The molecule has 0 aliphatic carbocycles. The molecule has 10 heavy (non-hydrogen) atoms. The highest BCUT2D eigenvalue weighted by atomic mass is 28.1. The molecule has 0 aromatic rings. The zero-order valence-corrected chi connectivity index (χ0v) is 10.0. The Morgan fingerprint density at radius 1 is 1.20 bits per heavy atom. The van der Waals surface area contributed by atoms with Crippen LogP contribution in [0, 0.1) is 5.41 Å². The normalized spacial score (nSPS) is 10.9. The Morgan fingerprint density at radius 2 is 1.60 bits per heavy atom. The second-order valence-electron chi connectivity index (χ2n) is 4.00. The fraction of sp³-hybridized carbons (Fsp3) is 0.667. The Labute approximate surface area is 67.5 Å². The van der Waals surface area contributed by atoms with Gasteiger partial charge in [-0.15, -0.1) is 5.73 Å². The van der Waals surface area contributed by atoms with Crippen LogP contribution in [0.3, 0.4) is 0 Å². The molecule has 1 heteroatoms. The summed E-state index contributed by atoms with van der Waals surface area (Å²) in [4.78, 5) is 0. The number of rotatable bonds is 0. The number of hydrogen-bond acceptors (Lipinski definition) is 0. The third kappa shape index (κ3) is 3.70. The molecule has 0 aromatic carbocycles. The maximum Gasteiger partial charge on any atom is 0.0429 e. The van der Waals surface area contributed by atoms with Crippen LogP contribution in [0.2, 0.25) is 0 Å². The Bertz CT molecular complexity index is 171. The first-order chi connectivity index (χ1) is 4.34. The molecule has 0 heterocycles. The molecule has 0 spiro atoms. The number of allylic oxidation sites excluding steroid dienone is 1. The van der Waals surface area contributed by atoms with Crippen molar-refractivity contribution in [2.24, 2.45) is 5.41 Å². The van der Waals surface area contributed by atoms with Crippen LogP contribution in [0.4, 0.5) is 0 Å². The molecule has 0 aliphatic heterocycles. The molecule has 0 N–H and O–H groups in total. The summed E-state index contributed by atoms with van der Waals surface area (Å²) in [5.74, 6) is 0. The van der Waals surface area contributed by atoms with E-state index in [1.807, 2.05) is 0 Å². The Hall–Kier alpha value is -0.263. The predicted octanol–water partition coefficient (Wildman–Crippen LogP) is 1.85. The Balaban J connectivity index is 4.69. The first-order valence-corrected chi connectivity index (χ1v) is 4.75. The monoisotopic (exact) mass is 154 g/mol. The van der Waals surface area contributed by atoms with Gasteiger partial charge in [0.25, 0.3) is 0 Å². The minimum absolute atomic E-state index is 0.297. The van der Waals surface area contributed by atoms with Crippen LogP contribution in [-0.2, 0) is 0 Å². The Morgan fingerprint density at radius 3 is 1.70 bits per heavy atom. The van der Waals surface area contributed by atoms with Gasteiger partial charge in [0.05, 0.1) is 0 Å². The van der Waals surface area contributed by atoms with Crippen LogP contribution in [-0.4, -0.2) is 10.2 Å².